The summed E-state index contributed by atoms with van der Waals surface area (Å²) in [7, 11) is 1.47. The molecule has 14 heavy (non-hydrogen) atoms. The van der Waals surface area contributed by atoms with E-state index in [0.29, 0.717) is 17.1 Å². The summed E-state index contributed by atoms with van der Waals surface area (Å²) < 4.78 is 23.6. The van der Waals surface area contributed by atoms with Crippen molar-refractivity contribution >= 4 is 0 Å². The third-order valence-corrected chi connectivity index (χ3v) is 1.98. The first-order valence-electron chi connectivity index (χ1n) is 4.15. The van der Waals surface area contributed by atoms with Crippen LogP contribution in [0.25, 0.3) is 0 Å². The van der Waals surface area contributed by atoms with Crippen molar-refractivity contribution < 1.29 is 18.7 Å². The van der Waals surface area contributed by atoms with Crippen molar-refractivity contribution in [3.63, 3.8) is 0 Å². The van der Waals surface area contributed by atoms with Gasteiger partial charge in [0.15, 0.2) is 11.5 Å². The van der Waals surface area contributed by atoms with Gasteiger partial charge in [0, 0.05) is 0 Å². The normalized spacial score (nSPS) is 13.3. The minimum atomic E-state index is -0.334. The Morgan fingerprint density at radius 2 is 2.36 bits per heavy atom. The summed E-state index contributed by atoms with van der Waals surface area (Å²) in [6.07, 6.45) is 0. The molecule has 1 heterocycles. The number of halogens is 1. The van der Waals surface area contributed by atoms with Crippen molar-refractivity contribution in [1.29, 1.82) is 0 Å². The van der Waals surface area contributed by atoms with E-state index in [1.165, 1.54) is 13.2 Å². The van der Waals surface area contributed by atoms with Crippen molar-refractivity contribution in [3.8, 4) is 11.5 Å². The molecule has 0 fully saturated rings. The fraction of sp³-hybridized carbons (Fsp3) is 0.333. The van der Waals surface area contributed by atoms with Crippen LogP contribution in [0.5, 0.6) is 11.5 Å². The molecule has 0 unspecified atom stereocenters. The van der Waals surface area contributed by atoms with Gasteiger partial charge >= 0.3 is 0 Å². The zero-order chi connectivity index (χ0) is 9.97. The highest BCUT2D eigenvalue weighted by Gasteiger charge is 2.20. The first kappa shape index (κ1) is 9.23. The summed E-state index contributed by atoms with van der Waals surface area (Å²) in [5, 5.41) is 0. The lowest BCUT2D eigenvalue weighted by Gasteiger charge is -2.06. The van der Waals surface area contributed by atoms with Gasteiger partial charge in [0.05, 0.1) is 19.2 Å². The van der Waals surface area contributed by atoms with Crippen molar-refractivity contribution in [3.05, 3.63) is 23.5 Å². The molecule has 0 aromatic heterocycles. The summed E-state index contributed by atoms with van der Waals surface area (Å²) in [5.41, 5.74) is 2.98. The van der Waals surface area contributed by atoms with Crippen molar-refractivity contribution in [2.45, 2.75) is 6.54 Å². The van der Waals surface area contributed by atoms with Crippen molar-refractivity contribution in [2.75, 3.05) is 13.9 Å². The predicted molar refractivity (Wildman–Crippen MR) is 46.4 cm³/mol. The van der Waals surface area contributed by atoms with Crippen LogP contribution in [0, 0.1) is 5.82 Å². The van der Waals surface area contributed by atoms with Gasteiger partial charge in [-0.3, -0.25) is 0 Å². The van der Waals surface area contributed by atoms with Crippen LogP contribution in [-0.2, 0) is 11.4 Å². The Morgan fingerprint density at radius 3 is 3.14 bits per heavy atom. The van der Waals surface area contributed by atoms with Crippen LogP contribution in [0.4, 0.5) is 4.39 Å². The molecule has 0 saturated carbocycles. The Morgan fingerprint density at radius 1 is 1.50 bits per heavy atom. The minimum Gasteiger partial charge on any atom is -0.454 e. The third kappa shape index (κ3) is 1.51. The monoisotopic (exact) mass is 199 g/mol. The second kappa shape index (κ2) is 3.81. The molecule has 0 spiro atoms. The van der Waals surface area contributed by atoms with Crippen molar-refractivity contribution in [1.82, 2.24) is 5.48 Å². The lowest BCUT2D eigenvalue weighted by molar-refractivity contribution is 0.0849. The average molecular weight is 199 g/mol. The van der Waals surface area contributed by atoms with Gasteiger partial charge in [-0.15, -0.1) is 0 Å². The highest BCUT2D eigenvalue weighted by molar-refractivity contribution is 5.48. The summed E-state index contributed by atoms with van der Waals surface area (Å²) in [5.74, 6) is 0.688. The molecule has 0 aliphatic carbocycles. The molecule has 1 aromatic rings. The molecule has 0 bridgehead atoms. The van der Waals surface area contributed by atoms with Crippen molar-refractivity contribution in [2.24, 2.45) is 0 Å². The van der Waals surface area contributed by atoms with Crippen LogP contribution in [0.3, 0.4) is 0 Å². The summed E-state index contributed by atoms with van der Waals surface area (Å²) in [6, 6.07) is 2.90. The van der Waals surface area contributed by atoms with E-state index in [-0.39, 0.29) is 19.2 Å². The maximum atomic E-state index is 13.3. The predicted octanol–water partition coefficient (Wildman–Crippen LogP) is 1.21. The Bertz CT molecular complexity index is 343. The fourth-order valence-corrected chi connectivity index (χ4v) is 1.32. The van der Waals surface area contributed by atoms with Crippen LogP contribution < -0.4 is 15.0 Å². The Labute approximate surface area is 80.5 Å². The molecule has 1 aliphatic rings. The minimum absolute atomic E-state index is 0.138. The van der Waals surface area contributed by atoms with Gasteiger partial charge in [0.25, 0.3) is 0 Å². The summed E-state index contributed by atoms with van der Waals surface area (Å²) in [6.45, 7) is 0.383. The van der Waals surface area contributed by atoms with Crippen LogP contribution >= 0.6 is 0 Å². The van der Waals surface area contributed by atoms with E-state index in [4.69, 9.17) is 9.47 Å². The molecule has 4 nitrogen and oxygen atoms in total. The van der Waals surface area contributed by atoms with Gasteiger partial charge in [-0.2, -0.15) is 5.48 Å². The molecule has 76 valence electrons. The standard InChI is InChI=1S/C9H10FNO3/c1-12-11-4-6-7(10)2-3-8-9(6)14-5-13-8/h2-3,11H,4-5H2,1H3. The van der Waals surface area contributed by atoms with Gasteiger partial charge in [-0.05, 0) is 12.1 Å². The van der Waals surface area contributed by atoms with E-state index >= 15 is 0 Å². The lowest BCUT2D eigenvalue weighted by atomic mass is 10.2. The molecule has 0 amide bonds. The Balaban J connectivity index is 2.31. The van der Waals surface area contributed by atoms with Gasteiger partial charge < -0.3 is 14.3 Å². The molecule has 1 N–H and O–H groups in total. The maximum Gasteiger partial charge on any atom is 0.231 e. The molecular formula is C9H10FNO3. The maximum absolute atomic E-state index is 13.3. The second-order valence-corrected chi connectivity index (χ2v) is 2.78. The number of fused-ring (bicyclic) bond motifs is 1. The van der Waals surface area contributed by atoms with E-state index in [0.717, 1.165) is 0 Å². The molecule has 0 atom stereocenters. The number of ether oxygens (including phenoxy) is 2. The van der Waals surface area contributed by atoms with Gasteiger partial charge in [-0.1, -0.05) is 0 Å². The van der Waals surface area contributed by atoms with Crippen LogP contribution in [0.1, 0.15) is 5.56 Å². The second-order valence-electron chi connectivity index (χ2n) is 2.78. The topological polar surface area (TPSA) is 39.7 Å². The summed E-state index contributed by atoms with van der Waals surface area (Å²) >= 11 is 0. The number of rotatable bonds is 3. The third-order valence-electron chi connectivity index (χ3n) is 1.98. The van der Waals surface area contributed by atoms with Crippen LogP contribution in [-0.4, -0.2) is 13.9 Å². The number of hydroxylamine groups is 1. The van der Waals surface area contributed by atoms with Gasteiger partial charge in [0.2, 0.25) is 6.79 Å². The van der Waals surface area contributed by atoms with E-state index in [1.807, 2.05) is 0 Å². The molecule has 0 saturated heterocycles. The number of hydrogen-bond acceptors (Lipinski definition) is 4. The van der Waals surface area contributed by atoms with E-state index in [1.54, 1.807) is 6.07 Å². The molecule has 1 aliphatic heterocycles. The van der Waals surface area contributed by atoms with E-state index < -0.39 is 0 Å². The first-order valence-corrected chi connectivity index (χ1v) is 4.15. The molecule has 0 radical (unpaired) electrons. The zero-order valence-corrected chi connectivity index (χ0v) is 7.67. The number of benzene rings is 1. The molecular weight excluding hydrogens is 189 g/mol. The molecule has 2 rings (SSSR count). The highest BCUT2D eigenvalue weighted by Crippen LogP contribution is 2.36. The number of nitrogens with one attached hydrogen (secondary N) is 1. The smallest absolute Gasteiger partial charge is 0.231 e. The van der Waals surface area contributed by atoms with Crippen LogP contribution in [0.2, 0.25) is 0 Å². The highest BCUT2D eigenvalue weighted by atomic mass is 19.1. The van der Waals surface area contributed by atoms with Crippen LogP contribution in [0.15, 0.2) is 12.1 Å². The first-order chi connectivity index (χ1) is 6.83. The fourth-order valence-electron chi connectivity index (χ4n) is 1.32. The number of hydrogen-bond donors (Lipinski definition) is 1. The SMILES string of the molecule is CONCc1c(F)ccc2c1OCO2. The molecule has 1 aromatic carbocycles. The van der Waals surface area contributed by atoms with E-state index in [9.17, 15) is 4.39 Å². The Kier molecular flexibility index (Phi) is 2.51. The zero-order valence-electron chi connectivity index (χ0n) is 7.67. The largest absolute Gasteiger partial charge is 0.454 e. The van der Waals surface area contributed by atoms with Gasteiger partial charge in [-0.25, -0.2) is 4.39 Å². The summed E-state index contributed by atoms with van der Waals surface area (Å²) in [4.78, 5) is 4.65. The van der Waals surface area contributed by atoms with Gasteiger partial charge in [0.1, 0.15) is 5.82 Å². The van der Waals surface area contributed by atoms with E-state index in [2.05, 4.69) is 10.3 Å². The lowest BCUT2D eigenvalue weighted by Crippen LogP contribution is -2.12. The quantitative estimate of drug-likeness (QED) is 0.742. The average Bonchev–Trinajstić information content (AvgIpc) is 2.64. The molecule has 5 heteroatoms. The Hall–Kier alpha value is -1.33.